The van der Waals surface area contributed by atoms with Crippen molar-refractivity contribution in [1.29, 1.82) is 0 Å². The molecule has 0 spiro atoms. The first kappa shape index (κ1) is 14.0. The summed E-state index contributed by atoms with van der Waals surface area (Å²) in [6.45, 7) is 1.75. The van der Waals surface area contributed by atoms with Crippen LogP contribution in [0.25, 0.3) is 0 Å². The number of hydrogen-bond acceptors (Lipinski definition) is 3. The minimum Gasteiger partial charge on any atom is -0.480 e. The van der Waals surface area contributed by atoms with Gasteiger partial charge in [0.05, 0.1) is 0 Å². The van der Waals surface area contributed by atoms with Crippen LogP contribution in [0.4, 0.5) is 4.39 Å². The van der Waals surface area contributed by atoms with Gasteiger partial charge >= 0.3 is 5.97 Å². The van der Waals surface area contributed by atoms with Gasteiger partial charge in [-0.3, -0.25) is 4.79 Å². The van der Waals surface area contributed by atoms with E-state index in [1.165, 1.54) is 12.1 Å². The first-order chi connectivity index (χ1) is 8.84. The van der Waals surface area contributed by atoms with Gasteiger partial charge in [-0.05, 0) is 37.5 Å². The Morgan fingerprint density at radius 1 is 1.47 bits per heavy atom. The van der Waals surface area contributed by atoms with Gasteiger partial charge in [-0.1, -0.05) is 6.07 Å². The van der Waals surface area contributed by atoms with Crippen molar-refractivity contribution < 1.29 is 22.7 Å². The highest BCUT2D eigenvalue weighted by Gasteiger charge is 2.40. The lowest BCUT2D eigenvalue weighted by molar-refractivity contribution is -0.140. The van der Waals surface area contributed by atoms with Crippen LogP contribution in [0.1, 0.15) is 18.4 Å². The summed E-state index contributed by atoms with van der Waals surface area (Å²) in [5, 5.41) is 9.02. The number of carbonyl (C=O) groups is 1. The number of rotatable bonds is 3. The molecule has 2 rings (SSSR count). The van der Waals surface area contributed by atoms with E-state index in [2.05, 4.69) is 0 Å². The van der Waals surface area contributed by atoms with Gasteiger partial charge in [0.2, 0.25) is 10.0 Å². The number of benzene rings is 1. The molecule has 0 aromatic heterocycles. The molecule has 0 bridgehead atoms. The third kappa shape index (κ3) is 2.48. The average Bonchev–Trinajstić information content (AvgIpc) is 2.82. The van der Waals surface area contributed by atoms with Crippen molar-refractivity contribution in [2.45, 2.75) is 30.7 Å². The second kappa shape index (κ2) is 4.90. The van der Waals surface area contributed by atoms with Crippen LogP contribution in [0.5, 0.6) is 0 Å². The monoisotopic (exact) mass is 287 g/mol. The number of nitrogens with zero attached hydrogens (tertiary/aromatic N) is 1. The lowest BCUT2D eigenvalue weighted by Crippen LogP contribution is -2.40. The second-order valence-electron chi connectivity index (χ2n) is 4.55. The van der Waals surface area contributed by atoms with Crippen LogP contribution in [0.2, 0.25) is 0 Å². The summed E-state index contributed by atoms with van der Waals surface area (Å²) < 4.78 is 39.3. The van der Waals surface area contributed by atoms with Crippen LogP contribution in [-0.2, 0) is 14.8 Å². The number of carboxylic acids is 1. The molecule has 0 radical (unpaired) electrons. The molecule has 0 saturated carbocycles. The van der Waals surface area contributed by atoms with Crippen LogP contribution < -0.4 is 0 Å². The molecule has 0 unspecified atom stereocenters. The van der Waals surface area contributed by atoms with Crippen LogP contribution in [-0.4, -0.2) is 36.4 Å². The molecule has 1 aromatic rings. The molecule has 19 heavy (non-hydrogen) atoms. The highest BCUT2D eigenvalue weighted by atomic mass is 32.2. The molecule has 1 aliphatic rings. The summed E-state index contributed by atoms with van der Waals surface area (Å²) in [6, 6.07) is 2.66. The second-order valence-corrected chi connectivity index (χ2v) is 6.40. The summed E-state index contributed by atoms with van der Waals surface area (Å²) in [7, 11) is -4.11. The molecule has 1 aromatic carbocycles. The predicted octanol–water partition coefficient (Wildman–Crippen LogP) is 1.37. The maximum absolute atomic E-state index is 13.7. The quantitative estimate of drug-likeness (QED) is 0.911. The van der Waals surface area contributed by atoms with Crippen LogP contribution >= 0.6 is 0 Å². The van der Waals surface area contributed by atoms with E-state index in [-0.39, 0.29) is 13.0 Å². The van der Waals surface area contributed by atoms with Gasteiger partial charge in [-0.25, -0.2) is 12.8 Å². The minimum atomic E-state index is -4.11. The molecule has 0 amide bonds. The van der Waals surface area contributed by atoms with E-state index in [1.807, 2.05) is 0 Å². The molecular formula is C12H14FNO4S. The zero-order valence-corrected chi connectivity index (χ0v) is 11.2. The highest BCUT2D eigenvalue weighted by Crippen LogP contribution is 2.28. The SMILES string of the molecule is Cc1ccc(F)c(S(=O)(=O)N2CCC[C@@H]2C(=O)O)c1. The number of sulfonamides is 1. The summed E-state index contributed by atoms with van der Waals surface area (Å²) in [4.78, 5) is 10.6. The van der Waals surface area contributed by atoms with Gasteiger partial charge in [0.25, 0.3) is 0 Å². The fourth-order valence-electron chi connectivity index (χ4n) is 2.21. The van der Waals surface area contributed by atoms with Gasteiger partial charge in [-0.15, -0.1) is 0 Å². The number of hydrogen-bond donors (Lipinski definition) is 1. The molecule has 1 saturated heterocycles. The van der Waals surface area contributed by atoms with Crippen LogP contribution in [0.3, 0.4) is 0 Å². The molecule has 0 aliphatic carbocycles. The smallest absolute Gasteiger partial charge is 0.322 e. The van der Waals surface area contributed by atoms with Crippen LogP contribution in [0.15, 0.2) is 23.1 Å². The standard InChI is InChI=1S/C12H14FNO4S/c1-8-4-5-9(13)11(7-8)19(17,18)14-6-2-3-10(14)12(15)16/h4-5,7,10H,2-3,6H2,1H3,(H,15,16)/t10-/m1/s1. The van der Waals surface area contributed by atoms with E-state index in [9.17, 15) is 17.6 Å². The molecule has 5 nitrogen and oxygen atoms in total. The van der Waals surface area contributed by atoms with E-state index in [4.69, 9.17) is 5.11 Å². The van der Waals surface area contributed by atoms with E-state index < -0.39 is 32.7 Å². The topological polar surface area (TPSA) is 74.7 Å². The van der Waals surface area contributed by atoms with Gasteiger partial charge in [0.15, 0.2) is 0 Å². The van der Waals surface area contributed by atoms with Crippen molar-refractivity contribution in [2.24, 2.45) is 0 Å². The van der Waals surface area contributed by atoms with Gasteiger partial charge in [-0.2, -0.15) is 4.31 Å². The lowest BCUT2D eigenvalue weighted by Gasteiger charge is -2.21. The largest absolute Gasteiger partial charge is 0.480 e. The van der Waals surface area contributed by atoms with E-state index in [0.717, 1.165) is 10.4 Å². The first-order valence-corrected chi connectivity index (χ1v) is 7.29. The predicted molar refractivity (Wildman–Crippen MR) is 65.7 cm³/mol. The Morgan fingerprint density at radius 3 is 2.79 bits per heavy atom. The Balaban J connectivity index is 2.48. The fraction of sp³-hybridized carbons (Fsp3) is 0.417. The third-order valence-corrected chi connectivity index (χ3v) is 5.09. The maximum atomic E-state index is 13.7. The van der Waals surface area contributed by atoms with Crippen LogP contribution in [0, 0.1) is 12.7 Å². The van der Waals surface area contributed by atoms with E-state index in [1.54, 1.807) is 6.92 Å². The summed E-state index contributed by atoms with van der Waals surface area (Å²) in [5.41, 5.74) is 0.603. The van der Waals surface area contributed by atoms with Crippen molar-refractivity contribution in [3.8, 4) is 0 Å². The van der Waals surface area contributed by atoms with Gasteiger partial charge in [0, 0.05) is 6.54 Å². The van der Waals surface area contributed by atoms with Crippen molar-refractivity contribution in [2.75, 3.05) is 6.54 Å². The third-order valence-electron chi connectivity index (χ3n) is 3.16. The van der Waals surface area contributed by atoms with Crippen molar-refractivity contribution >= 4 is 16.0 Å². The van der Waals surface area contributed by atoms with Gasteiger partial charge in [0.1, 0.15) is 16.8 Å². The number of halogens is 1. The molecule has 104 valence electrons. The number of aliphatic carboxylic acids is 1. The molecule has 1 heterocycles. The highest BCUT2D eigenvalue weighted by molar-refractivity contribution is 7.89. The van der Waals surface area contributed by atoms with Crippen molar-refractivity contribution in [3.05, 3.63) is 29.6 Å². The zero-order valence-electron chi connectivity index (χ0n) is 10.3. The number of aryl methyl sites for hydroxylation is 1. The summed E-state index contributed by atoms with van der Waals surface area (Å²) in [5.74, 6) is -2.06. The Bertz CT molecular complexity index is 614. The molecular weight excluding hydrogens is 273 g/mol. The first-order valence-electron chi connectivity index (χ1n) is 5.85. The summed E-state index contributed by atoms with van der Waals surface area (Å²) >= 11 is 0. The minimum absolute atomic E-state index is 0.104. The van der Waals surface area contributed by atoms with E-state index >= 15 is 0 Å². The lowest BCUT2D eigenvalue weighted by atomic mass is 10.2. The normalized spacial score (nSPS) is 20.6. The van der Waals surface area contributed by atoms with Crippen molar-refractivity contribution in [3.63, 3.8) is 0 Å². The average molecular weight is 287 g/mol. The molecule has 1 N–H and O–H groups in total. The molecule has 1 fully saturated rings. The van der Waals surface area contributed by atoms with Gasteiger partial charge < -0.3 is 5.11 Å². The number of carboxylic acid groups (broad SMARTS) is 1. The van der Waals surface area contributed by atoms with Crippen molar-refractivity contribution in [1.82, 2.24) is 4.31 Å². The Hall–Kier alpha value is -1.47. The molecule has 1 aliphatic heterocycles. The maximum Gasteiger partial charge on any atom is 0.322 e. The Morgan fingerprint density at radius 2 is 2.16 bits per heavy atom. The Kier molecular flexibility index (Phi) is 3.60. The summed E-state index contributed by atoms with van der Waals surface area (Å²) in [6.07, 6.45) is 0.714. The fourth-order valence-corrected chi connectivity index (χ4v) is 4.01. The Labute approximate surface area is 110 Å². The molecule has 7 heteroatoms. The zero-order chi connectivity index (χ0) is 14.2. The van der Waals surface area contributed by atoms with E-state index in [0.29, 0.717) is 12.0 Å². The molecule has 1 atom stereocenters.